The molecule has 112 valence electrons. The molecule has 0 heterocycles. The van der Waals surface area contributed by atoms with Crippen molar-refractivity contribution in [1.29, 1.82) is 0 Å². The predicted molar refractivity (Wildman–Crippen MR) is 89.4 cm³/mol. The molecule has 0 N–H and O–H groups in total. The SMILES string of the molecule is [C-]#[N+]/C(=C\c1cccc(Cl)c1Cl)S(=O)(=O)c1ccc(C)cc1. The Bertz CT molecular complexity index is 879. The largest absolute Gasteiger partial charge is 0.283 e. The molecular formula is C16H11Cl2NO2S. The summed E-state index contributed by atoms with van der Waals surface area (Å²) in [6.45, 7) is 9.04. The maximum atomic E-state index is 12.5. The Kier molecular flexibility index (Phi) is 4.92. The van der Waals surface area contributed by atoms with Gasteiger partial charge in [-0.3, -0.25) is 0 Å². The lowest BCUT2D eigenvalue weighted by Crippen LogP contribution is -2.02. The molecular weight excluding hydrogens is 341 g/mol. The van der Waals surface area contributed by atoms with E-state index in [9.17, 15) is 8.42 Å². The highest BCUT2D eigenvalue weighted by Gasteiger charge is 2.22. The van der Waals surface area contributed by atoms with Gasteiger partial charge in [-0.15, -0.1) is 0 Å². The smallest absolute Gasteiger partial charge is 0.230 e. The summed E-state index contributed by atoms with van der Waals surface area (Å²) >= 11 is 11.9. The van der Waals surface area contributed by atoms with Gasteiger partial charge in [0, 0.05) is 0 Å². The van der Waals surface area contributed by atoms with Crippen LogP contribution in [0.1, 0.15) is 11.1 Å². The molecule has 0 radical (unpaired) electrons. The molecule has 0 unspecified atom stereocenters. The fraction of sp³-hybridized carbons (Fsp3) is 0.0625. The summed E-state index contributed by atoms with van der Waals surface area (Å²) in [6, 6.07) is 11.1. The Morgan fingerprint density at radius 3 is 2.36 bits per heavy atom. The van der Waals surface area contributed by atoms with E-state index in [0.717, 1.165) is 5.56 Å². The Balaban J connectivity index is 2.56. The van der Waals surface area contributed by atoms with Gasteiger partial charge in [0.05, 0.1) is 21.5 Å². The van der Waals surface area contributed by atoms with Gasteiger partial charge in [0.2, 0.25) is 9.84 Å². The second-order valence-corrected chi connectivity index (χ2v) is 7.24. The fourth-order valence-electron chi connectivity index (χ4n) is 1.77. The molecule has 3 nitrogen and oxygen atoms in total. The van der Waals surface area contributed by atoms with Crippen LogP contribution in [0.15, 0.2) is 52.4 Å². The van der Waals surface area contributed by atoms with Gasteiger partial charge in [0.25, 0.3) is 5.03 Å². The Labute approximate surface area is 139 Å². The number of sulfone groups is 1. The van der Waals surface area contributed by atoms with E-state index in [2.05, 4.69) is 4.85 Å². The van der Waals surface area contributed by atoms with E-state index in [4.69, 9.17) is 29.8 Å². The maximum absolute atomic E-state index is 12.5. The highest BCUT2D eigenvalue weighted by Crippen LogP contribution is 2.30. The van der Waals surface area contributed by atoms with Crippen LogP contribution in [-0.4, -0.2) is 8.42 Å². The summed E-state index contributed by atoms with van der Waals surface area (Å²) in [5.41, 5.74) is 1.32. The molecule has 0 spiro atoms. The molecule has 0 aromatic heterocycles. The molecule has 0 saturated carbocycles. The zero-order valence-corrected chi connectivity index (χ0v) is 13.9. The van der Waals surface area contributed by atoms with Crippen LogP contribution in [0.3, 0.4) is 0 Å². The third-order valence-electron chi connectivity index (χ3n) is 2.98. The number of rotatable bonds is 3. The third-order valence-corrected chi connectivity index (χ3v) is 5.46. The van der Waals surface area contributed by atoms with Crippen LogP contribution in [-0.2, 0) is 9.84 Å². The van der Waals surface area contributed by atoms with Crippen molar-refractivity contribution in [3.63, 3.8) is 0 Å². The standard InChI is InChI=1S/C16H11Cl2NO2S/c1-11-6-8-13(9-7-11)22(20,21)15(19-2)10-12-4-3-5-14(17)16(12)18/h3-10H,1H3/b15-10+. The molecule has 0 atom stereocenters. The molecule has 0 amide bonds. The van der Waals surface area contributed by atoms with Crippen molar-refractivity contribution >= 4 is 39.1 Å². The van der Waals surface area contributed by atoms with Gasteiger partial charge in [-0.1, -0.05) is 53.0 Å². The zero-order valence-electron chi connectivity index (χ0n) is 11.5. The molecule has 6 heteroatoms. The number of nitrogens with zero attached hydrogens (tertiary/aromatic N) is 1. The van der Waals surface area contributed by atoms with E-state index < -0.39 is 14.9 Å². The van der Waals surface area contributed by atoms with Gasteiger partial charge in [0.1, 0.15) is 0 Å². The highest BCUT2D eigenvalue weighted by molar-refractivity contribution is 7.95. The first-order valence-corrected chi connectivity index (χ1v) is 8.45. The lowest BCUT2D eigenvalue weighted by molar-refractivity contribution is 0.603. The van der Waals surface area contributed by atoms with Crippen molar-refractivity contribution in [2.45, 2.75) is 11.8 Å². The summed E-state index contributed by atoms with van der Waals surface area (Å²) in [6.07, 6.45) is 1.23. The first kappa shape index (κ1) is 16.6. The highest BCUT2D eigenvalue weighted by atomic mass is 35.5. The molecule has 0 aliphatic rings. The summed E-state index contributed by atoms with van der Waals surface area (Å²) in [5.74, 6) is 0. The van der Waals surface area contributed by atoms with Gasteiger partial charge < -0.3 is 0 Å². The van der Waals surface area contributed by atoms with E-state index in [1.54, 1.807) is 30.3 Å². The molecule has 2 aromatic carbocycles. The van der Waals surface area contributed by atoms with Crippen LogP contribution in [0.2, 0.25) is 10.0 Å². The zero-order chi connectivity index (χ0) is 16.3. The number of aryl methyl sites for hydroxylation is 1. The topological polar surface area (TPSA) is 38.5 Å². The van der Waals surface area contributed by atoms with Crippen LogP contribution in [0.4, 0.5) is 0 Å². The van der Waals surface area contributed by atoms with Gasteiger partial charge in [-0.2, -0.15) is 0 Å². The average molecular weight is 352 g/mol. The Hall–Kier alpha value is -1.80. The van der Waals surface area contributed by atoms with Gasteiger partial charge in [0.15, 0.2) is 0 Å². The van der Waals surface area contributed by atoms with Crippen molar-refractivity contribution in [3.05, 3.63) is 80.1 Å². The van der Waals surface area contributed by atoms with E-state index in [-0.39, 0.29) is 9.92 Å². The first-order chi connectivity index (χ1) is 10.4. The van der Waals surface area contributed by atoms with E-state index in [0.29, 0.717) is 10.6 Å². The minimum Gasteiger partial charge on any atom is -0.230 e. The van der Waals surface area contributed by atoms with Crippen LogP contribution in [0.5, 0.6) is 0 Å². The number of halogens is 2. The van der Waals surface area contributed by atoms with Crippen LogP contribution in [0, 0.1) is 13.5 Å². The Morgan fingerprint density at radius 2 is 1.77 bits per heavy atom. The minimum atomic E-state index is -3.89. The van der Waals surface area contributed by atoms with Crippen molar-refractivity contribution in [3.8, 4) is 0 Å². The van der Waals surface area contributed by atoms with Gasteiger partial charge in [-0.25, -0.2) is 13.3 Å². The lowest BCUT2D eigenvalue weighted by Gasteiger charge is -2.05. The van der Waals surface area contributed by atoms with Crippen LogP contribution >= 0.6 is 23.2 Å². The average Bonchev–Trinajstić information content (AvgIpc) is 2.49. The number of benzene rings is 2. The lowest BCUT2D eigenvalue weighted by atomic mass is 10.2. The summed E-state index contributed by atoms with van der Waals surface area (Å²) < 4.78 is 25.0. The molecule has 0 fully saturated rings. The van der Waals surface area contributed by atoms with Crippen molar-refractivity contribution in [2.75, 3.05) is 0 Å². The molecule has 0 bridgehead atoms. The normalized spacial score (nSPS) is 12.0. The first-order valence-electron chi connectivity index (χ1n) is 6.21. The molecule has 0 aliphatic carbocycles. The predicted octanol–water partition coefficient (Wildman–Crippen LogP) is 4.99. The number of hydrogen-bond donors (Lipinski definition) is 0. The molecule has 2 rings (SSSR count). The Morgan fingerprint density at radius 1 is 1.14 bits per heavy atom. The van der Waals surface area contributed by atoms with Gasteiger partial charge >= 0.3 is 0 Å². The van der Waals surface area contributed by atoms with Crippen LogP contribution < -0.4 is 0 Å². The monoisotopic (exact) mass is 351 g/mol. The summed E-state index contributed by atoms with van der Waals surface area (Å²) in [5, 5.41) is 0.109. The fourth-order valence-corrected chi connectivity index (χ4v) is 3.27. The molecule has 2 aromatic rings. The quantitative estimate of drug-likeness (QED) is 0.730. The minimum absolute atomic E-state index is 0.0681. The van der Waals surface area contributed by atoms with Crippen molar-refractivity contribution < 1.29 is 8.42 Å². The van der Waals surface area contributed by atoms with E-state index in [1.807, 2.05) is 6.92 Å². The van der Waals surface area contributed by atoms with Gasteiger partial charge in [-0.05, 0) is 36.8 Å². The summed E-state index contributed by atoms with van der Waals surface area (Å²) in [7, 11) is -3.89. The number of hydrogen-bond acceptors (Lipinski definition) is 2. The second-order valence-electron chi connectivity index (χ2n) is 4.55. The molecule has 0 saturated heterocycles. The van der Waals surface area contributed by atoms with Crippen molar-refractivity contribution in [2.24, 2.45) is 0 Å². The third kappa shape index (κ3) is 3.33. The van der Waals surface area contributed by atoms with Crippen molar-refractivity contribution in [1.82, 2.24) is 0 Å². The van der Waals surface area contributed by atoms with E-state index >= 15 is 0 Å². The van der Waals surface area contributed by atoms with E-state index in [1.165, 1.54) is 18.2 Å². The second kappa shape index (κ2) is 6.53. The molecule has 22 heavy (non-hydrogen) atoms. The maximum Gasteiger partial charge on any atom is 0.283 e. The van der Waals surface area contributed by atoms with Crippen LogP contribution in [0.25, 0.3) is 10.9 Å². The molecule has 0 aliphatic heterocycles. The summed E-state index contributed by atoms with van der Waals surface area (Å²) in [4.78, 5) is 3.21.